The van der Waals surface area contributed by atoms with Gasteiger partial charge in [0.15, 0.2) is 10.9 Å². The van der Waals surface area contributed by atoms with Crippen molar-refractivity contribution in [2.24, 2.45) is 10.2 Å². The molecule has 4 rings (SSSR count). The Morgan fingerprint density at radius 2 is 1.79 bits per heavy atom. The highest BCUT2D eigenvalue weighted by atomic mass is 32.1. The number of aromatic nitrogens is 1. The summed E-state index contributed by atoms with van der Waals surface area (Å²) in [6, 6.07) is 14.6. The van der Waals surface area contributed by atoms with Crippen LogP contribution in [0.4, 0.5) is 39.8 Å². The molecule has 0 aliphatic rings. The number of nitrogens with zero attached hydrogens (tertiary/aromatic N) is 3. The van der Waals surface area contributed by atoms with Crippen molar-refractivity contribution in [1.82, 2.24) is 4.98 Å². The maximum Gasteiger partial charge on any atom is 0.416 e. The van der Waals surface area contributed by atoms with Crippen molar-refractivity contribution in [3.63, 3.8) is 0 Å². The van der Waals surface area contributed by atoms with E-state index in [2.05, 4.69) is 20.5 Å². The van der Waals surface area contributed by atoms with Crippen molar-refractivity contribution in [2.45, 2.75) is 6.18 Å². The van der Waals surface area contributed by atoms with E-state index in [4.69, 9.17) is 5.11 Å². The Morgan fingerprint density at radius 3 is 2.56 bits per heavy atom. The predicted octanol–water partition coefficient (Wildman–Crippen LogP) is 7.83. The molecule has 0 aliphatic carbocycles. The number of anilines is 2. The van der Waals surface area contributed by atoms with E-state index in [1.54, 1.807) is 5.38 Å². The van der Waals surface area contributed by atoms with Crippen LogP contribution in [-0.2, 0) is 6.18 Å². The third-order valence-electron chi connectivity index (χ3n) is 4.55. The van der Waals surface area contributed by atoms with Crippen LogP contribution in [0.2, 0.25) is 0 Å². The van der Waals surface area contributed by atoms with Crippen molar-refractivity contribution >= 4 is 39.5 Å². The van der Waals surface area contributed by atoms with Gasteiger partial charge >= 0.3 is 12.1 Å². The third-order valence-corrected chi connectivity index (χ3v) is 5.31. The fourth-order valence-corrected chi connectivity index (χ4v) is 3.66. The molecule has 1 aromatic heterocycles. The summed E-state index contributed by atoms with van der Waals surface area (Å²) in [5, 5.41) is 21.7. The number of thiazole rings is 1. The Kier molecular flexibility index (Phi) is 6.37. The molecule has 172 valence electrons. The van der Waals surface area contributed by atoms with E-state index in [0.29, 0.717) is 16.4 Å². The normalized spacial score (nSPS) is 11.6. The largest absolute Gasteiger partial charge is 0.478 e. The molecule has 0 fully saturated rings. The second kappa shape index (κ2) is 9.40. The highest BCUT2D eigenvalue weighted by Crippen LogP contribution is 2.34. The number of carbonyl (C=O) groups is 1. The number of carboxylic acids is 1. The number of nitrogens with one attached hydrogen (secondary N) is 1. The number of carboxylic acid groups (broad SMARTS) is 1. The Hall–Kier alpha value is -4.12. The van der Waals surface area contributed by atoms with Gasteiger partial charge in [0, 0.05) is 16.6 Å². The van der Waals surface area contributed by atoms with Crippen LogP contribution < -0.4 is 5.32 Å². The zero-order valence-corrected chi connectivity index (χ0v) is 17.9. The lowest BCUT2D eigenvalue weighted by molar-refractivity contribution is -0.137. The van der Waals surface area contributed by atoms with Gasteiger partial charge < -0.3 is 10.4 Å². The van der Waals surface area contributed by atoms with Crippen LogP contribution in [0.25, 0.3) is 11.3 Å². The van der Waals surface area contributed by atoms with Crippen LogP contribution >= 0.6 is 11.3 Å². The van der Waals surface area contributed by atoms with Crippen molar-refractivity contribution in [2.75, 3.05) is 5.32 Å². The standard InChI is InChI=1S/C23H14F4N4O2S/c24-18-8-7-13(10-19(18)31-30-17-6-1-3-14(9-17)21(32)33)20-12-34-22(29-20)28-16-5-2-4-15(11-16)23(25,26)27/h1-12H,(H,28,29)(H,32,33)/b31-30-. The van der Waals surface area contributed by atoms with Crippen LogP contribution in [0.5, 0.6) is 0 Å². The molecule has 1 heterocycles. The van der Waals surface area contributed by atoms with Crippen LogP contribution in [0, 0.1) is 5.82 Å². The Labute approximate surface area is 194 Å². The zero-order chi connectivity index (χ0) is 24.3. The minimum atomic E-state index is -4.46. The summed E-state index contributed by atoms with van der Waals surface area (Å²) in [4.78, 5) is 15.4. The molecule has 0 aliphatic heterocycles. The van der Waals surface area contributed by atoms with E-state index < -0.39 is 23.5 Å². The molecule has 0 bridgehead atoms. The summed E-state index contributed by atoms with van der Waals surface area (Å²) in [6.45, 7) is 0. The van der Waals surface area contributed by atoms with Crippen LogP contribution in [-0.4, -0.2) is 16.1 Å². The first-order valence-corrected chi connectivity index (χ1v) is 10.5. The minimum Gasteiger partial charge on any atom is -0.478 e. The Morgan fingerprint density at radius 1 is 1.00 bits per heavy atom. The molecule has 0 saturated heterocycles. The SMILES string of the molecule is O=C(O)c1cccc(/N=N\c2cc(-c3csc(Nc4cccc(C(F)(F)F)c4)n3)ccc2F)c1. The van der Waals surface area contributed by atoms with Crippen molar-refractivity contribution in [3.8, 4) is 11.3 Å². The van der Waals surface area contributed by atoms with Gasteiger partial charge in [0.1, 0.15) is 5.69 Å². The first kappa shape index (κ1) is 23.1. The number of rotatable bonds is 6. The van der Waals surface area contributed by atoms with Gasteiger partial charge in [-0.3, -0.25) is 0 Å². The average molecular weight is 486 g/mol. The van der Waals surface area contributed by atoms with Gasteiger partial charge in [-0.15, -0.1) is 16.5 Å². The molecule has 34 heavy (non-hydrogen) atoms. The van der Waals surface area contributed by atoms with Gasteiger partial charge in [0.2, 0.25) is 0 Å². The lowest BCUT2D eigenvalue weighted by atomic mass is 10.1. The van der Waals surface area contributed by atoms with E-state index >= 15 is 0 Å². The highest BCUT2D eigenvalue weighted by molar-refractivity contribution is 7.14. The summed E-state index contributed by atoms with van der Waals surface area (Å²) >= 11 is 1.17. The minimum absolute atomic E-state index is 0.0222. The van der Waals surface area contributed by atoms with Crippen LogP contribution in [0.1, 0.15) is 15.9 Å². The first-order valence-electron chi connectivity index (χ1n) is 9.64. The van der Waals surface area contributed by atoms with Crippen molar-refractivity contribution in [3.05, 3.63) is 89.1 Å². The number of alkyl halides is 3. The van der Waals surface area contributed by atoms with Gasteiger partial charge in [-0.25, -0.2) is 14.2 Å². The maximum absolute atomic E-state index is 14.3. The fourth-order valence-electron chi connectivity index (χ4n) is 2.92. The summed E-state index contributed by atoms with van der Waals surface area (Å²) in [5.41, 5.74) is 0.606. The molecule has 0 radical (unpaired) electrons. The van der Waals surface area contributed by atoms with Crippen LogP contribution in [0.15, 0.2) is 82.3 Å². The Bertz CT molecular complexity index is 1390. The van der Waals surface area contributed by atoms with E-state index in [9.17, 15) is 22.4 Å². The number of aromatic carboxylic acids is 1. The van der Waals surface area contributed by atoms with Gasteiger partial charge in [-0.2, -0.15) is 18.3 Å². The third kappa shape index (κ3) is 5.44. The molecule has 0 saturated carbocycles. The molecular formula is C23H14F4N4O2S. The quantitative estimate of drug-likeness (QED) is 0.215. The molecule has 0 amide bonds. The van der Waals surface area contributed by atoms with E-state index in [1.807, 2.05) is 0 Å². The van der Waals surface area contributed by atoms with Gasteiger partial charge in [-0.1, -0.05) is 12.1 Å². The van der Waals surface area contributed by atoms with Gasteiger partial charge in [-0.05, 0) is 54.6 Å². The molecule has 4 aromatic rings. The Balaban J connectivity index is 1.55. The number of hydrogen-bond donors (Lipinski definition) is 2. The summed E-state index contributed by atoms with van der Waals surface area (Å²) < 4.78 is 53.0. The average Bonchev–Trinajstić information content (AvgIpc) is 3.27. The molecule has 0 unspecified atom stereocenters. The fraction of sp³-hybridized carbons (Fsp3) is 0.0435. The molecule has 2 N–H and O–H groups in total. The molecule has 0 atom stereocenters. The maximum atomic E-state index is 14.3. The molecule has 0 spiro atoms. The second-order valence-corrected chi connectivity index (χ2v) is 7.82. The molecule has 6 nitrogen and oxygen atoms in total. The van der Waals surface area contributed by atoms with E-state index in [0.717, 1.165) is 12.1 Å². The van der Waals surface area contributed by atoms with Gasteiger partial charge in [0.25, 0.3) is 0 Å². The predicted molar refractivity (Wildman–Crippen MR) is 120 cm³/mol. The monoisotopic (exact) mass is 486 g/mol. The van der Waals surface area contributed by atoms with Crippen molar-refractivity contribution < 1.29 is 27.5 Å². The summed E-state index contributed by atoms with van der Waals surface area (Å²) in [7, 11) is 0. The number of benzene rings is 3. The summed E-state index contributed by atoms with van der Waals surface area (Å²) in [6.07, 6.45) is -4.46. The van der Waals surface area contributed by atoms with Crippen molar-refractivity contribution in [1.29, 1.82) is 0 Å². The topological polar surface area (TPSA) is 86.9 Å². The first-order chi connectivity index (χ1) is 16.2. The summed E-state index contributed by atoms with van der Waals surface area (Å²) in [5.74, 6) is -1.76. The smallest absolute Gasteiger partial charge is 0.416 e. The molecular weight excluding hydrogens is 472 g/mol. The zero-order valence-electron chi connectivity index (χ0n) is 17.0. The van der Waals surface area contributed by atoms with E-state index in [1.165, 1.54) is 65.9 Å². The molecule has 3 aromatic carbocycles. The number of halogens is 4. The lowest BCUT2D eigenvalue weighted by Gasteiger charge is -2.09. The van der Waals surface area contributed by atoms with Gasteiger partial charge in [0.05, 0.1) is 22.5 Å². The second-order valence-electron chi connectivity index (χ2n) is 6.96. The van der Waals surface area contributed by atoms with Crippen LogP contribution in [0.3, 0.4) is 0 Å². The van der Waals surface area contributed by atoms with E-state index in [-0.39, 0.29) is 22.6 Å². The number of hydrogen-bond acceptors (Lipinski definition) is 6. The number of azo groups is 1. The molecule has 11 heteroatoms. The highest BCUT2D eigenvalue weighted by Gasteiger charge is 2.30. The lowest BCUT2D eigenvalue weighted by Crippen LogP contribution is -2.05.